The van der Waals surface area contributed by atoms with Gasteiger partial charge >= 0.3 is 0 Å². The van der Waals surface area contributed by atoms with Gasteiger partial charge in [-0.1, -0.05) is 50.6 Å². The number of nitrogens with zero attached hydrogens (tertiary/aromatic N) is 1. The molecule has 1 aromatic rings. The van der Waals surface area contributed by atoms with Crippen LogP contribution in [0.2, 0.25) is 0 Å². The third-order valence-electron chi connectivity index (χ3n) is 3.83. The van der Waals surface area contributed by atoms with E-state index < -0.39 is 11.4 Å². The van der Waals surface area contributed by atoms with Crippen molar-refractivity contribution in [2.45, 2.75) is 38.6 Å². The third-order valence-corrected chi connectivity index (χ3v) is 3.83. The second-order valence-electron chi connectivity index (χ2n) is 5.24. The summed E-state index contributed by atoms with van der Waals surface area (Å²) in [5.74, 6) is -0.463. The molecule has 0 heterocycles. The van der Waals surface area contributed by atoms with E-state index in [-0.39, 0.29) is 0 Å². The number of hydrogen-bond donors (Lipinski definition) is 2. The number of rotatable bonds is 9. The summed E-state index contributed by atoms with van der Waals surface area (Å²) in [6.45, 7) is 7.08. The van der Waals surface area contributed by atoms with Crippen LogP contribution < -0.4 is 11.5 Å². The second kappa shape index (κ2) is 8.02. The van der Waals surface area contributed by atoms with Crippen LogP contribution in [0, 0.1) is 0 Å². The van der Waals surface area contributed by atoms with Gasteiger partial charge in [-0.2, -0.15) is 0 Å². The quantitative estimate of drug-likeness (QED) is 0.723. The van der Waals surface area contributed by atoms with Gasteiger partial charge in [0.2, 0.25) is 5.91 Å². The van der Waals surface area contributed by atoms with E-state index in [1.54, 1.807) is 0 Å². The molecule has 4 nitrogen and oxygen atoms in total. The zero-order valence-corrected chi connectivity index (χ0v) is 12.6. The van der Waals surface area contributed by atoms with Crippen molar-refractivity contribution < 1.29 is 4.79 Å². The Hall–Kier alpha value is -1.39. The summed E-state index contributed by atoms with van der Waals surface area (Å²) in [6, 6.07) is 9.41. The minimum Gasteiger partial charge on any atom is -0.368 e. The van der Waals surface area contributed by atoms with Crippen LogP contribution in [0.4, 0.5) is 0 Å². The maximum Gasteiger partial charge on any atom is 0.242 e. The van der Waals surface area contributed by atoms with Gasteiger partial charge in [-0.3, -0.25) is 4.79 Å². The molecule has 112 valence electrons. The van der Waals surface area contributed by atoms with Gasteiger partial charge in [0.05, 0.1) is 0 Å². The molecular weight excluding hydrogens is 250 g/mol. The van der Waals surface area contributed by atoms with Crippen molar-refractivity contribution in [2.75, 3.05) is 19.6 Å². The fourth-order valence-electron chi connectivity index (χ4n) is 2.29. The second-order valence-corrected chi connectivity index (χ2v) is 5.24. The number of primary amides is 1. The molecule has 0 aromatic heterocycles. The van der Waals surface area contributed by atoms with Crippen LogP contribution in [0.15, 0.2) is 30.3 Å². The minimum absolute atomic E-state index is 0.463. The summed E-state index contributed by atoms with van der Waals surface area (Å²) in [6.07, 6.45) is 2.87. The zero-order chi connectivity index (χ0) is 15.0. The highest BCUT2D eigenvalue weighted by Gasteiger charge is 2.33. The number of carbonyl (C=O) groups excluding carboxylic acids is 1. The summed E-state index contributed by atoms with van der Waals surface area (Å²) in [4.78, 5) is 14.1. The van der Waals surface area contributed by atoms with Crippen LogP contribution >= 0.6 is 0 Å². The molecule has 1 aromatic carbocycles. The van der Waals surface area contributed by atoms with E-state index >= 15 is 0 Å². The fraction of sp³-hybridized carbons (Fsp3) is 0.562. The van der Waals surface area contributed by atoms with Crippen molar-refractivity contribution >= 4 is 5.91 Å². The van der Waals surface area contributed by atoms with E-state index in [2.05, 4.69) is 18.7 Å². The van der Waals surface area contributed by atoms with Gasteiger partial charge < -0.3 is 16.4 Å². The predicted molar refractivity (Wildman–Crippen MR) is 83.1 cm³/mol. The summed E-state index contributed by atoms with van der Waals surface area (Å²) < 4.78 is 0. The number of unbranched alkanes of at least 4 members (excludes halogenated alkanes) is 1. The number of carbonyl (C=O) groups is 1. The Morgan fingerprint density at radius 1 is 1.20 bits per heavy atom. The summed E-state index contributed by atoms with van der Waals surface area (Å²) in [7, 11) is 0. The van der Waals surface area contributed by atoms with E-state index in [1.165, 1.54) is 6.42 Å². The molecule has 1 rings (SSSR count). The first-order valence-corrected chi connectivity index (χ1v) is 7.41. The Labute approximate surface area is 122 Å². The lowest BCUT2D eigenvalue weighted by molar-refractivity contribution is -0.123. The molecule has 0 spiro atoms. The monoisotopic (exact) mass is 277 g/mol. The smallest absolute Gasteiger partial charge is 0.242 e. The average Bonchev–Trinajstić information content (AvgIpc) is 2.47. The molecule has 0 aliphatic carbocycles. The first kappa shape index (κ1) is 16.7. The van der Waals surface area contributed by atoms with Crippen molar-refractivity contribution in [1.29, 1.82) is 0 Å². The van der Waals surface area contributed by atoms with Gasteiger partial charge in [0.25, 0.3) is 0 Å². The van der Waals surface area contributed by atoms with Crippen LogP contribution in [0.3, 0.4) is 0 Å². The number of hydrogen-bond acceptors (Lipinski definition) is 3. The molecule has 1 amide bonds. The van der Waals surface area contributed by atoms with Gasteiger partial charge in [-0.25, -0.2) is 0 Å². The van der Waals surface area contributed by atoms with Gasteiger partial charge in [-0.15, -0.1) is 0 Å². The van der Waals surface area contributed by atoms with Gasteiger partial charge in [0, 0.05) is 6.54 Å². The summed E-state index contributed by atoms with van der Waals surface area (Å²) in [5.41, 5.74) is 11.5. The average molecular weight is 277 g/mol. The lowest BCUT2D eigenvalue weighted by Gasteiger charge is -2.30. The van der Waals surface area contributed by atoms with Gasteiger partial charge in [0.1, 0.15) is 5.54 Å². The lowest BCUT2D eigenvalue weighted by Crippen LogP contribution is -2.51. The Morgan fingerprint density at radius 3 is 2.35 bits per heavy atom. The highest BCUT2D eigenvalue weighted by atomic mass is 16.1. The van der Waals surface area contributed by atoms with E-state index in [1.807, 2.05) is 30.3 Å². The molecule has 0 aliphatic rings. The fourth-order valence-corrected chi connectivity index (χ4v) is 2.29. The SMILES string of the molecule is CCCCN(CC)CCC(N)(C(N)=O)c1ccccc1. The summed E-state index contributed by atoms with van der Waals surface area (Å²) in [5, 5.41) is 0. The van der Waals surface area contributed by atoms with Crippen LogP contribution in [-0.2, 0) is 10.3 Å². The maximum atomic E-state index is 11.8. The molecule has 1 atom stereocenters. The minimum atomic E-state index is -1.08. The summed E-state index contributed by atoms with van der Waals surface area (Å²) >= 11 is 0. The molecule has 0 saturated heterocycles. The Balaban J connectivity index is 2.75. The van der Waals surface area contributed by atoms with Crippen molar-refractivity contribution in [3.63, 3.8) is 0 Å². The molecule has 1 unspecified atom stereocenters. The highest BCUT2D eigenvalue weighted by Crippen LogP contribution is 2.22. The van der Waals surface area contributed by atoms with E-state index in [4.69, 9.17) is 11.5 Å². The first-order valence-electron chi connectivity index (χ1n) is 7.41. The van der Waals surface area contributed by atoms with E-state index in [0.29, 0.717) is 6.42 Å². The van der Waals surface area contributed by atoms with Crippen LogP contribution in [0.5, 0.6) is 0 Å². The molecule has 0 saturated carbocycles. The van der Waals surface area contributed by atoms with Gasteiger partial charge in [-0.05, 0) is 31.5 Å². The highest BCUT2D eigenvalue weighted by molar-refractivity contribution is 5.85. The van der Waals surface area contributed by atoms with E-state index in [0.717, 1.165) is 31.6 Å². The zero-order valence-electron chi connectivity index (χ0n) is 12.6. The third kappa shape index (κ3) is 4.32. The van der Waals surface area contributed by atoms with Gasteiger partial charge in [0.15, 0.2) is 0 Å². The molecule has 4 N–H and O–H groups in total. The van der Waals surface area contributed by atoms with Crippen molar-refractivity contribution in [2.24, 2.45) is 11.5 Å². The molecule has 0 fully saturated rings. The number of nitrogens with two attached hydrogens (primary N) is 2. The number of benzene rings is 1. The molecular formula is C16H27N3O. The van der Waals surface area contributed by atoms with Crippen molar-refractivity contribution in [3.05, 3.63) is 35.9 Å². The van der Waals surface area contributed by atoms with Crippen molar-refractivity contribution in [1.82, 2.24) is 4.90 Å². The molecule has 0 bridgehead atoms. The predicted octanol–water partition coefficient (Wildman–Crippen LogP) is 1.84. The van der Waals surface area contributed by atoms with E-state index in [9.17, 15) is 4.79 Å². The van der Waals surface area contributed by atoms with Crippen LogP contribution in [-0.4, -0.2) is 30.4 Å². The maximum absolute atomic E-state index is 11.8. The Bertz CT molecular complexity index is 407. The normalized spacial score (nSPS) is 14.2. The first-order chi connectivity index (χ1) is 9.54. The van der Waals surface area contributed by atoms with Crippen LogP contribution in [0.25, 0.3) is 0 Å². The topological polar surface area (TPSA) is 72.3 Å². The largest absolute Gasteiger partial charge is 0.368 e. The molecule has 4 heteroatoms. The molecule has 20 heavy (non-hydrogen) atoms. The Morgan fingerprint density at radius 2 is 1.85 bits per heavy atom. The number of amides is 1. The Kier molecular flexibility index (Phi) is 6.68. The lowest BCUT2D eigenvalue weighted by atomic mass is 9.86. The van der Waals surface area contributed by atoms with Crippen molar-refractivity contribution in [3.8, 4) is 0 Å². The standard InChI is InChI=1S/C16H27N3O/c1-3-5-12-19(4-2)13-11-16(18,15(17)20)14-9-7-6-8-10-14/h6-10H,3-5,11-13,18H2,1-2H3,(H2,17,20). The van der Waals surface area contributed by atoms with Crippen LogP contribution in [0.1, 0.15) is 38.7 Å². The molecule has 0 radical (unpaired) electrons. The molecule has 0 aliphatic heterocycles.